The molecule has 1 atom stereocenters. The Balaban J connectivity index is 2.45. The summed E-state index contributed by atoms with van der Waals surface area (Å²) in [4.78, 5) is 0. The molecule has 0 bridgehead atoms. The predicted molar refractivity (Wildman–Crippen MR) is 76.0 cm³/mol. The maximum absolute atomic E-state index is 5.57. The van der Waals surface area contributed by atoms with E-state index in [1.807, 2.05) is 6.07 Å². The number of ether oxygens (including phenoxy) is 1. The first-order valence-electron chi connectivity index (χ1n) is 7.09. The van der Waals surface area contributed by atoms with Gasteiger partial charge in [0.1, 0.15) is 5.75 Å². The Kier molecular flexibility index (Phi) is 4.28. The highest BCUT2D eigenvalue weighted by Gasteiger charge is 2.37. The Morgan fingerprint density at radius 1 is 1.17 bits per heavy atom. The third-order valence-electron chi connectivity index (χ3n) is 4.26. The second-order valence-corrected chi connectivity index (χ2v) is 5.56. The number of methoxy groups -OCH3 is 1. The van der Waals surface area contributed by atoms with Crippen LogP contribution in [0.4, 0.5) is 0 Å². The predicted octanol–water partition coefficient (Wildman–Crippen LogP) is 3.71. The van der Waals surface area contributed by atoms with Gasteiger partial charge in [-0.1, -0.05) is 44.9 Å². The topological polar surface area (TPSA) is 21.3 Å². The normalized spacial score (nSPS) is 24.9. The molecule has 0 amide bonds. The molecule has 1 N–H and O–H groups in total. The first-order valence-corrected chi connectivity index (χ1v) is 7.09. The van der Waals surface area contributed by atoms with E-state index >= 15 is 0 Å². The number of hydrogen-bond acceptors (Lipinski definition) is 2. The minimum Gasteiger partial charge on any atom is -0.496 e. The van der Waals surface area contributed by atoms with Crippen LogP contribution in [0.5, 0.6) is 5.75 Å². The van der Waals surface area contributed by atoms with Gasteiger partial charge in [0.05, 0.1) is 7.11 Å². The molecule has 0 radical (unpaired) electrons. The molecule has 0 aromatic heterocycles. The quantitative estimate of drug-likeness (QED) is 0.879. The van der Waals surface area contributed by atoms with Gasteiger partial charge in [-0.05, 0) is 31.4 Å². The van der Waals surface area contributed by atoms with Crippen molar-refractivity contribution in [1.29, 1.82) is 0 Å². The highest BCUT2D eigenvalue weighted by Crippen LogP contribution is 2.40. The van der Waals surface area contributed by atoms with E-state index < -0.39 is 0 Å². The fourth-order valence-corrected chi connectivity index (χ4v) is 3.15. The van der Waals surface area contributed by atoms with Crippen LogP contribution in [-0.2, 0) is 5.54 Å². The maximum atomic E-state index is 5.57. The van der Waals surface area contributed by atoms with E-state index in [0.717, 1.165) is 12.3 Å². The van der Waals surface area contributed by atoms with Crippen molar-refractivity contribution in [2.75, 3.05) is 13.7 Å². The zero-order valence-electron chi connectivity index (χ0n) is 11.8. The maximum Gasteiger partial charge on any atom is 0.123 e. The second kappa shape index (κ2) is 5.75. The van der Waals surface area contributed by atoms with Crippen molar-refractivity contribution in [2.45, 2.75) is 45.1 Å². The Hall–Kier alpha value is -1.02. The summed E-state index contributed by atoms with van der Waals surface area (Å²) in [5, 5.41) is 3.81. The van der Waals surface area contributed by atoms with Crippen LogP contribution < -0.4 is 10.1 Å². The van der Waals surface area contributed by atoms with Crippen LogP contribution in [0.1, 0.15) is 45.1 Å². The van der Waals surface area contributed by atoms with Crippen LogP contribution in [0.3, 0.4) is 0 Å². The van der Waals surface area contributed by atoms with Gasteiger partial charge >= 0.3 is 0 Å². The van der Waals surface area contributed by atoms with Crippen LogP contribution in [0, 0.1) is 5.92 Å². The zero-order valence-corrected chi connectivity index (χ0v) is 11.8. The van der Waals surface area contributed by atoms with Crippen LogP contribution in [0.2, 0.25) is 0 Å². The molecular formula is C16H25NO. The molecule has 2 rings (SSSR count). The zero-order chi connectivity index (χ0) is 13.0. The fraction of sp³-hybridized carbons (Fsp3) is 0.625. The molecule has 1 aliphatic rings. The van der Waals surface area contributed by atoms with E-state index in [-0.39, 0.29) is 5.54 Å². The number of hydrogen-bond donors (Lipinski definition) is 1. The van der Waals surface area contributed by atoms with E-state index in [0.29, 0.717) is 5.92 Å². The van der Waals surface area contributed by atoms with Crippen molar-refractivity contribution in [1.82, 2.24) is 5.32 Å². The Morgan fingerprint density at radius 2 is 1.94 bits per heavy atom. The van der Waals surface area contributed by atoms with E-state index in [2.05, 4.69) is 37.4 Å². The van der Waals surface area contributed by atoms with Gasteiger partial charge in [0.15, 0.2) is 0 Å². The SMILES string of the molecule is COc1ccccc1C1(C(C)C)CCCCCN1. The summed E-state index contributed by atoms with van der Waals surface area (Å²) in [6.07, 6.45) is 5.11. The highest BCUT2D eigenvalue weighted by molar-refractivity contribution is 5.40. The molecule has 0 aliphatic carbocycles. The molecule has 2 heteroatoms. The standard InChI is InChI=1S/C16H25NO/c1-13(2)16(11-7-4-8-12-17-16)14-9-5-6-10-15(14)18-3/h5-6,9-10,13,17H,4,7-8,11-12H2,1-3H3. The molecule has 2 nitrogen and oxygen atoms in total. The van der Waals surface area contributed by atoms with Gasteiger partial charge in [-0.2, -0.15) is 0 Å². The van der Waals surface area contributed by atoms with Gasteiger partial charge in [-0.3, -0.25) is 0 Å². The third-order valence-corrected chi connectivity index (χ3v) is 4.26. The van der Waals surface area contributed by atoms with Gasteiger partial charge in [-0.25, -0.2) is 0 Å². The molecule has 1 aromatic carbocycles. The number of nitrogens with one attached hydrogen (secondary N) is 1. The highest BCUT2D eigenvalue weighted by atomic mass is 16.5. The first kappa shape index (κ1) is 13.4. The molecule has 0 saturated carbocycles. The Labute approximate surface area is 111 Å². The summed E-state index contributed by atoms with van der Waals surface area (Å²) in [5.41, 5.74) is 1.40. The van der Waals surface area contributed by atoms with Crippen molar-refractivity contribution in [3.05, 3.63) is 29.8 Å². The molecule has 1 aliphatic heterocycles. The Bertz CT molecular complexity index is 378. The fourth-order valence-electron chi connectivity index (χ4n) is 3.15. The van der Waals surface area contributed by atoms with Crippen LogP contribution in [0.25, 0.3) is 0 Å². The van der Waals surface area contributed by atoms with E-state index in [9.17, 15) is 0 Å². The van der Waals surface area contributed by atoms with E-state index in [1.54, 1.807) is 7.11 Å². The van der Waals surface area contributed by atoms with Crippen molar-refractivity contribution in [3.63, 3.8) is 0 Å². The van der Waals surface area contributed by atoms with Crippen LogP contribution in [-0.4, -0.2) is 13.7 Å². The summed E-state index contributed by atoms with van der Waals surface area (Å²) >= 11 is 0. The molecule has 1 aromatic rings. The number of para-hydroxylation sites is 1. The molecule has 1 fully saturated rings. The average molecular weight is 247 g/mol. The summed E-state index contributed by atoms with van der Waals surface area (Å²) in [6.45, 7) is 5.73. The van der Waals surface area contributed by atoms with Gasteiger partial charge in [-0.15, -0.1) is 0 Å². The third kappa shape index (κ3) is 2.39. The number of benzene rings is 1. The molecule has 0 spiro atoms. The molecular weight excluding hydrogens is 222 g/mol. The lowest BCUT2D eigenvalue weighted by Gasteiger charge is -2.39. The Morgan fingerprint density at radius 3 is 2.67 bits per heavy atom. The lowest BCUT2D eigenvalue weighted by molar-refractivity contribution is 0.222. The lowest BCUT2D eigenvalue weighted by Crippen LogP contribution is -2.46. The van der Waals surface area contributed by atoms with Gasteiger partial charge in [0.25, 0.3) is 0 Å². The largest absolute Gasteiger partial charge is 0.496 e. The van der Waals surface area contributed by atoms with Gasteiger partial charge < -0.3 is 10.1 Å². The summed E-state index contributed by atoms with van der Waals surface area (Å²) in [5.74, 6) is 1.58. The molecule has 100 valence electrons. The number of rotatable bonds is 3. The summed E-state index contributed by atoms with van der Waals surface area (Å²) in [6, 6.07) is 8.46. The lowest BCUT2D eigenvalue weighted by atomic mass is 9.76. The minimum absolute atomic E-state index is 0.0725. The second-order valence-electron chi connectivity index (χ2n) is 5.56. The van der Waals surface area contributed by atoms with Gasteiger partial charge in [0, 0.05) is 11.1 Å². The van der Waals surface area contributed by atoms with Crippen LogP contribution in [0.15, 0.2) is 24.3 Å². The van der Waals surface area contributed by atoms with E-state index in [4.69, 9.17) is 4.74 Å². The van der Waals surface area contributed by atoms with Crippen LogP contribution >= 0.6 is 0 Å². The summed E-state index contributed by atoms with van der Waals surface area (Å²) < 4.78 is 5.57. The van der Waals surface area contributed by atoms with Crippen molar-refractivity contribution < 1.29 is 4.74 Å². The molecule has 1 unspecified atom stereocenters. The average Bonchev–Trinajstić information content (AvgIpc) is 2.65. The van der Waals surface area contributed by atoms with Gasteiger partial charge in [0.2, 0.25) is 0 Å². The summed E-state index contributed by atoms with van der Waals surface area (Å²) in [7, 11) is 1.77. The van der Waals surface area contributed by atoms with Crippen molar-refractivity contribution >= 4 is 0 Å². The van der Waals surface area contributed by atoms with E-state index in [1.165, 1.54) is 31.2 Å². The molecule has 18 heavy (non-hydrogen) atoms. The smallest absolute Gasteiger partial charge is 0.123 e. The monoisotopic (exact) mass is 247 g/mol. The molecule has 1 heterocycles. The minimum atomic E-state index is 0.0725. The first-order chi connectivity index (χ1) is 8.70. The van der Waals surface area contributed by atoms with Crippen molar-refractivity contribution in [2.24, 2.45) is 5.92 Å². The van der Waals surface area contributed by atoms with Crippen molar-refractivity contribution in [3.8, 4) is 5.75 Å². The molecule has 1 saturated heterocycles.